The Bertz CT molecular complexity index is 1830. The van der Waals surface area contributed by atoms with Gasteiger partial charge in [0, 0.05) is 74.4 Å². The fraction of sp³-hybridized carbons (Fsp3) is 0.514. The van der Waals surface area contributed by atoms with E-state index in [-0.39, 0.29) is 5.56 Å². The van der Waals surface area contributed by atoms with Crippen LogP contribution in [0.25, 0.3) is 22.3 Å². The lowest BCUT2D eigenvalue weighted by Gasteiger charge is -2.53. The average molecular weight is 673 g/mol. The maximum Gasteiger partial charge on any atom is 0.147 e. The Morgan fingerprint density at radius 3 is 2.56 bits per heavy atom. The highest BCUT2D eigenvalue weighted by Gasteiger charge is 2.48. The molecule has 0 N–H and O–H groups in total. The smallest absolute Gasteiger partial charge is 0.147 e. The summed E-state index contributed by atoms with van der Waals surface area (Å²) in [5, 5.41) is 25.1. The number of hydrogen-bond donors (Lipinski definition) is 0. The summed E-state index contributed by atoms with van der Waals surface area (Å²) in [6.07, 6.45) is 16.6. The zero-order valence-electron chi connectivity index (χ0n) is 28.6. The van der Waals surface area contributed by atoms with Crippen molar-refractivity contribution in [3.05, 3.63) is 60.1 Å². The van der Waals surface area contributed by atoms with Crippen molar-refractivity contribution >= 4 is 26.7 Å². The topological polar surface area (TPSA) is 115 Å². The van der Waals surface area contributed by atoms with Gasteiger partial charge in [-0.3, -0.25) is 14.5 Å². The van der Waals surface area contributed by atoms with Gasteiger partial charge in [0.05, 0.1) is 36.7 Å². The minimum Gasteiger partial charge on any atom is -0.377 e. The Hall–Kier alpha value is -4.01. The maximum absolute atomic E-state index is 15.2. The number of nitrogens with zero attached hydrogens (tertiary/aromatic N) is 10. The van der Waals surface area contributed by atoms with E-state index in [1.807, 2.05) is 60.1 Å². The van der Waals surface area contributed by atoms with Crippen LogP contribution in [0.15, 0.2) is 43.1 Å². The van der Waals surface area contributed by atoms with Crippen LogP contribution in [-0.4, -0.2) is 112 Å². The number of aromatic nitrogens is 5. The highest BCUT2D eigenvalue weighted by Crippen LogP contribution is 2.38. The maximum atomic E-state index is 15.2. The van der Waals surface area contributed by atoms with E-state index in [0.29, 0.717) is 37.0 Å². The van der Waals surface area contributed by atoms with E-state index >= 15 is 4.39 Å². The summed E-state index contributed by atoms with van der Waals surface area (Å²) < 4.78 is 25.1. The van der Waals surface area contributed by atoms with Gasteiger partial charge in [-0.05, 0) is 56.8 Å². The van der Waals surface area contributed by atoms with Crippen LogP contribution >= 0.6 is 10.0 Å². The average Bonchev–Trinajstić information content (AvgIpc) is 3.70. The standard InChI is InChI=1S/C35H45FN10OS/c1-42(2)31-7-6-26(32(36)30(31)18-38)20-43-13-8-28(9-14-43)45-22-35(23-45,11-12-37)46-21-27(19-41-46)33-29-10-15-44(34(29)40-24-39-33)25-47-16-17-48(3,4)5/h6-7,10,15,19,21,24,28H,8-9,11,13-14,16-17,20,22-23,25H2,1-5H3. The molecule has 48 heavy (non-hydrogen) atoms. The van der Waals surface area contributed by atoms with Crippen LogP contribution < -0.4 is 4.90 Å². The molecule has 0 saturated carbocycles. The number of nitriles is 2. The van der Waals surface area contributed by atoms with E-state index in [4.69, 9.17) is 9.84 Å². The highest BCUT2D eigenvalue weighted by molar-refractivity contribution is 8.32. The number of benzene rings is 1. The van der Waals surface area contributed by atoms with Crippen molar-refractivity contribution in [3.63, 3.8) is 0 Å². The molecular formula is C35H45FN10OS. The lowest BCUT2D eigenvalue weighted by atomic mass is 9.83. The first-order chi connectivity index (χ1) is 23.0. The largest absolute Gasteiger partial charge is 0.377 e. The van der Waals surface area contributed by atoms with Crippen LogP contribution in [-0.2, 0) is 23.6 Å². The molecule has 0 amide bonds. The summed E-state index contributed by atoms with van der Waals surface area (Å²) >= 11 is 0. The Balaban J connectivity index is 1.08. The van der Waals surface area contributed by atoms with E-state index in [0.717, 1.165) is 73.7 Å². The second-order valence-corrected chi connectivity index (χ2v) is 18.8. The third-order valence-corrected chi connectivity index (χ3v) is 11.0. The van der Waals surface area contributed by atoms with E-state index in [9.17, 15) is 10.5 Å². The zero-order chi connectivity index (χ0) is 34.1. The van der Waals surface area contributed by atoms with Gasteiger partial charge in [-0.2, -0.15) is 15.6 Å². The molecule has 2 fully saturated rings. The molecule has 2 aliphatic heterocycles. The molecule has 0 unspecified atom stereocenters. The van der Waals surface area contributed by atoms with Crippen molar-refractivity contribution in [1.29, 1.82) is 10.5 Å². The second kappa shape index (κ2) is 13.8. The molecule has 0 radical (unpaired) electrons. The lowest BCUT2D eigenvalue weighted by molar-refractivity contribution is -0.0436. The predicted molar refractivity (Wildman–Crippen MR) is 188 cm³/mol. The zero-order valence-corrected chi connectivity index (χ0v) is 29.4. The third-order valence-electron chi connectivity index (χ3n) is 9.63. The number of fused-ring (bicyclic) bond motifs is 1. The summed E-state index contributed by atoms with van der Waals surface area (Å²) in [5.41, 5.74) is 3.39. The normalized spacial score (nSPS) is 17.6. The van der Waals surface area contributed by atoms with Gasteiger partial charge in [0.25, 0.3) is 0 Å². The first-order valence-corrected chi connectivity index (χ1v) is 19.4. The van der Waals surface area contributed by atoms with E-state index < -0.39 is 21.4 Å². The molecule has 11 nitrogen and oxygen atoms in total. The molecule has 6 rings (SSSR count). The van der Waals surface area contributed by atoms with Crippen molar-refractivity contribution in [2.75, 3.05) is 76.3 Å². The van der Waals surface area contributed by atoms with Crippen molar-refractivity contribution < 1.29 is 9.13 Å². The van der Waals surface area contributed by atoms with E-state index in [1.54, 1.807) is 17.3 Å². The lowest BCUT2D eigenvalue weighted by Crippen LogP contribution is -2.66. The number of halogens is 1. The monoisotopic (exact) mass is 672 g/mol. The van der Waals surface area contributed by atoms with Crippen LogP contribution in [0.1, 0.15) is 30.4 Å². The molecule has 2 saturated heterocycles. The van der Waals surface area contributed by atoms with Crippen molar-refractivity contribution in [2.24, 2.45) is 0 Å². The van der Waals surface area contributed by atoms with Gasteiger partial charge in [0.1, 0.15) is 41.7 Å². The predicted octanol–water partition coefficient (Wildman–Crippen LogP) is 4.63. The molecule has 2 aliphatic rings. The van der Waals surface area contributed by atoms with Gasteiger partial charge in [-0.1, -0.05) is 6.07 Å². The Morgan fingerprint density at radius 2 is 1.88 bits per heavy atom. The molecule has 3 aromatic heterocycles. The number of anilines is 1. The van der Waals surface area contributed by atoms with Crippen molar-refractivity contribution in [1.82, 2.24) is 34.1 Å². The third kappa shape index (κ3) is 6.92. The number of likely N-dealkylation sites (tertiary alicyclic amines) is 2. The van der Waals surface area contributed by atoms with Crippen LogP contribution in [0.4, 0.5) is 10.1 Å². The Morgan fingerprint density at radius 1 is 1.10 bits per heavy atom. The summed E-state index contributed by atoms with van der Waals surface area (Å²) in [6, 6.07) is 10.5. The second-order valence-electron chi connectivity index (χ2n) is 14.2. The summed E-state index contributed by atoms with van der Waals surface area (Å²) in [4.78, 5) is 15.7. The molecule has 0 aliphatic carbocycles. The van der Waals surface area contributed by atoms with Crippen LogP contribution in [0, 0.1) is 28.5 Å². The molecule has 1 aromatic carbocycles. The van der Waals surface area contributed by atoms with Gasteiger partial charge in [0.2, 0.25) is 0 Å². The Kier molecular flexibility index (Phi) is 9.77. The van der Waals surface area contributed by atoms with E-state index in [2.05, 4.69) is 44.6 Å². The van der Waals surface area contributed by atoms with Gasteiger partial charge in [-0.15, -0.1) is 0 Å². The SMILES string of the molecule is CN(C)c1ccc(CN2CCC(N3CC(CC#N)(n4cc(-c5ncnc6c5ccn6COCCS(C)(C)C)cn4)C3)CC2)c(F)c1C#N. The van der Waals surface area contributed by atoms with Gasteiger partial charge in [0.15, 0.2) is 0 Å². The summed E-state index contributed by atoms with van der Waals surface area (Å²) in [5.74, 6) is 0.640. The first kappa shape index (κ1) is 33.9. The van der Waals surface area contributed by atoms with Crippen LogP contribution in [0.2, 0.25) is 0 Å². The molecule has 4 aromatic rings. The van der Waals surface area contributed by atoms with Crippen LogP contribution in [0.3, 0.4) is 0 Å². The molecule has 13 heteroatoms. The van der Waals surface area contributed by atoms with Gasteiger partial charge >= 0.3 is 0 Å². The van der Waals surface area contributed by atoms with Crippen molar-refractivity contribution in [2.45, 2.75) is 44.1 Å². The number of hydrogen-bond acceptors (Lipinski definition) is 9. The summed E-state index contributed by atoms with van der Waals surface area (Å²) in [7, 11) is 3.02. The molecule has 0 atom stereocenters. The fourth-order valence-corrected chi connectivity index (χ4v) is 7.48. The van der Waals surface area contributed by atoms with Gasteiger partial charge in [-0.25, -0.2) is 24.4 Å². The Labute approximate surface area is 283 Å². The number of rotatable bonds is 12. The summed E-state index contributed by atoms with van der Waals surface area (Å²) in [6.45, 7) is 4.85. The highest BCUT2D eigenvalue weighted by atomic mass is 32.3. The molecule has 0 spiro atoms. The van der Waals surface area contributed by atoms with E-state index in [1.165, 1.54) is 0 Å². The first-order valence-electron chi connectivity index (χ1n) is 16.3. The van der Waals surface area contributed by atoms with Crippen LogP contribution in [0.5, 0.6) is 0 Å². The fourth-order valence-electron chi connectivity index (χ4n) is 6.86. The van der Waals surface area contributed by atoms with Crippen molar-refractivity contribution in [3.8, 4) is 23.4 Å². The molecule has 5 heterocycles. The number of ether oxygens (including phenoxy) is 1. The number of piperidine rings is 1. The minimum atomic E-state index is -0.607. The molecular weight excluding hydrogens is 628 g/mol. The minimum absolute atomic E-state index is 0.100. The quantitative estimate of drug-likeness (QED) is 0.199. The van der Waals surface area contributed by atoms with Gasteiger partial charge < -0.3 is 14.2 Å². The molecule has 0 bridgehead atoms. The molecule has 254 valence electrons.